The number of nitrogens with one attached hydrogen (secondary N) is 1. The van der Waals surface area contributed by atoms with Crippen LogP contribution >= 0.6 is 0 Å². The van der Waals surface area contributed by atoms with Crippen molar-refractivity contribution in [3.05, 3.63) is 33.9 Å². The second-order valence-electron chi connectivity index (χ2n) is 5.40. The molecule has 0 spiro atoms. The highest BCUT2D eigenvalue weighted by molar-refractivity contribution is 7.90. The first-order chi connectivity index (χ1) is 10.2. The number of carbonyl (C=O) groups excluding carboxylic acids is 1. The highest BCUT2D eigenvalue weighted by Crippen LogP contribution is 2.32. The molecule has 0 radical (unpaired) electrons. The molecular formula is C13H17N3O5S. The number of hydrogen-bond donors (Lipinski definition) is 2. The van der Waals surface area contributed by atoms with E-state index < -0.39 is 26.4 Å². The van der Waals surface area contributed by atoms with Crippen molar-refractivity contribution in [2.24, 2.45) is 11.7 Å². The summed E-state index contributed by atoms with van der Waals surface area (Å²) in [6.45, 7) is 0.268. The molecule has 0 heterocycles. The minimum absolute atomic E-state index is 0.0614. The van der Waals surface area contributed by atoms with E-state index in [4.69, 9.17) is 5.73 Å². The normalized spacial score (nSPS) is 16.1. The third kappa shape index (κ3) is 3.80. The van der Waals surface area contributed by atoms with Crippen LogP contribution in [0.15, 0.2) is 23.1 Å². The number of benzene rings is 1. The summed E-state index contributed by atoms with van der Waals surface area (Å²) in [4.78, 5) is 22.1. The van der Waals surface area contributed by atoms with Gasteiger partial charge in [-0.3, -0.25) is 14.9 Å². The lowest BCUT2D eigenvalue weighted by atomic mass is 10.1. The number of sulfone groups is 1. The second kappa shape index (κ2) is 6.01. The fourth-order valence-electron chi connectivity index (χ4n) is 2.15. The molecule has 1 unspecified atom stereocenters. The molecule has 1 atom stereocenters. The molecule has 22 heavy (non-hydrogen) atoms. The summed E-state index contributed by atoms with van der Waals surface area (Å²) in [5, 5.41) is 13.6. The van der Waals surface area contributed by atoms with E-state index in [9.17, 15) is 23.3 Å². The van der Waals surface area contributed by atoms with Gasteiger partial charge in [0.2, 0.25) is 0 Å². The summed E-state index contributed by atoms with van der Waals surface area (Å²) in [5.74, 6) is -0.238. The summed E-state index contributed by atoms with van der Waals surface area (Å²) in [6.07, 6.45) is 2.89. The number of nitro benzene ring substituents is 1. The summed E-state index contributed by atoms with van der Waals surface area (Å²) < 4.78 is 23.2. The topological polar surface area (TPSA) is 132 Å². The lowest BCUT2D eigenvalue weighted by Gasteiger charge is -2.16. The zero-order valence-electron chi connectivity index (χ0n) is 12.0. The van der Waals surface area contributed by atoms with Gasteiger partial charge in [0.05, 0.1) is 9.82 Å². The fraction of sp³-hybridized carbons (Fsp3) is 0.462. The standard InChI is InChI=1S/C13H17N3O5S/c1-22(20,21)11-5-9(4-10(6-11)16(18)19)13(17)15-12(7-14)8-2-3-8/h4-6,8,12H,2-3,7,14H2,1H3,(H,15,17). The van der Waals surface area contributed by atoms with Crippen molar-refractivity contribution in [3.8, 4) is 0 Å². The number of hydrogen-bond acceptors (Lipinski definition) is 6. The largest absolute Gasteiger partial charge is 0.348 e. The van der Waals surface area contributed by atoms with Gasteiger partial charge in [-0.1, -0.05) is 0 Å². The van der Waals surface area contributed by atoms with Gasteiger partial charge in [0.15, 0.2) is 9.84 Å². The number of rotatable bonds is 6. The zero-order chi connectivity index (χ0) is 16.5. The van der Waals surface area contributed by atoms with Crippen molar-refractivity contribution in [3.63, 3.8) is 0 Å². The smallest absolute Gasteiger partial charge is 0.271 e. The third-order valence-corrected chi connectivity index (χ3v) is 4.65. The van der Waals surface area contributed by atoms with Crippen molar-refractivity contribution in [2.75, 3.05) is 12.8 Å². The van der Waals surface area contributed by atoms with Gasteiger partial charge in [0.25, 0.3) is 11.6 Å². The lowest BCUT2D eigenvalue weighted by Crippen LogP contribution is -2.41. The maximum atomic E-state index is 12.2. The van der Waals surface area contributed by atoms with Gasteiger partial charge in [-0.25, -0.2) is 8.42 Å². The van der Waals surface area contributed by atoms with E-state index in [1.165, 1.54) is 0 Å². The van der Waals surface area contributed by atoms with E-state index in [0.29, 0.717) is 5.92 Å². The Morgan fingerprint density at radius 1 is 1.45 bits per heavy atom. The van der Waals surface area contributed by atoms with E-state index in [1.807, 2.05) is 0 Å². The lowest BCUT2D eigenvalue weighted by molar-refractivity contribution is -0.385. The molecule has 1 amide bonds. The minimum atomic E-state index is -3.66. The summed E-state index contributed by atoms with van der Waals surface area (Å²) in [5.41, 5.74) is 5.10. The van der Waals surface area contributed by atoms with Crippen LogP contribution in [0.3, 0.4) is 0 Å². The Kier molecular flexibility index (Phi) is 4.47. The average molecular weight is 327 g/mol. The van der Waals surface area contributed by atoms with Crippen LogP contribution in [-0.4, -0.2) is 38.1 Å². The van der Waals surface area contributed by atoms with Crippen LogP contribution in [-0.2, 0) is 9.84 Å². The summed E-state index contributed by atoms with van der Waals surface area (Å²) in [7, 11) is -3.66. The van der Waals surface area contributed by atoms with Gasteiger partial charge in [-0.2, -0.15) is 0 Å². The van der Waals surface area contributed by atoms with Gasteiger partial charge in [-0.15, -0.1) is 0 Å². The van der Waals surface area contributed by atoms with E-state index in [0.717, 1.165) is 37.3 Å². The van der Waals surface area contributed by atoms with Crippen LogP contribution in [0.5, 0.6) is 0 Å². The van der Waals surface area contributed by atoms with E-state index in [-0.39, 0.29) is 23.0 Å². The maximum absolute atomic E-state index is 12.2. The first kappa shape index (κ1) is 16.4. The predicted molar refractivity (Wildman–Crippen MR) is 79.2 cm³/mol. The Morgan fingerprint density at radius 2 is 2.09 bits per heavy atom. The number of amides is 1. The SMILES string of the molecule is CS(=O)(=O)c1cc(C(=O)NC(CN)C2CC2)cc([N+](=O)[O-])c1. The highest BCUT2D eigenvalue weighted by atomic mass is 32.2. The van der Waals surface area contributed by atoms with Crippen molar-refractivity contribution in [1.82, 2.24) is 5.32 Å². The number of nitrogens with two attached hydrogens (primary N) is 1. The molecule has 1 fully saturated rings. The molecule has 1 aromatic rings. The van der Waals surface area contributed by atoms with Gasteiger partial charge >= 0.3 is 0 Å². The van der Waals surface area contributed by atoms with Crippen LogP contribution < -0.4 is 11.1 Å². The van der Waals surface area contributed by atoms with Gasteiger partial charge in [0.1, 0.15) is 0 Å². The minimum Gasteiger partial charge on any atom is -0.348 e. The molecule has 8 nitrogen and oxygen atoms in total. The van der Waals surface area contributed by atoms with Crippen LogP contribution in [0.2, 0.25) is 0 Å². The Labute approximate surface area is 127 Å². The van der Waals surface area contributed by atoms with Crippen molar-refractivity contribution in [1.29, 1.82) is 0 Å². The summed E-state index contributed by atoms with van der Waals surface area (Å²) in [6, 6.07) is 2.93. The third-order valence-electron chi connectivity index (χ3n) is 3.55. The molecule has 1 aromatic carbocycles. The zero-order valence-corrected chi connectivity index (χ0v) is 12.8. The van der Waals surface area contributed by atoms with Gasteiger partial charge in [-0.05, 0) is 24.8 Å². The molecule has 0 bridgehead atoms. The average Bonchev–Trinajstić information content (AvgIpc) is 3.27. The second-order valence-corrected chi connectivity index (χ2v) is 7.41. The van der Waals surface area contributed by atoms with Gasteiger partial charge < -0.3 is 11.1 Å². The molecule has 0 aromatic heterocycles. The highest BCUT2D eigenvalue weighted by Gasteiger charge is 2.31. The number of nitrogens with zero attached hydrogens (tertiary/aromatic N) is 1. The first-order valence-electron chi connectivity index (χ1n) is 6.73. The van der Waals surface area contributed by atoms with Crippen LogP contribution in [0.1, 0.15) is 23.2 Å². The predicted octanol–water partition coefficient (Wildman–Crippen LogP) is 0.465. The molecular weight excluding hydrogens is 310 g/mol. The number of nitro groups is 1. The molecule has 2 rings (SSSR count). The van der Waals surface area contributed by atoms with Gasteiger partial charge in [0, 0.05) is 36.5 Å². The van der Waals surface area contributed by atoms with E-state index in [2.05, 4.69) is 5.32 Å². The Bertz CT molecular complexity index is 712. The number of carbonyl (C=O) groups is 1. The molecule has 0 saturated heterocycles. The van der Waals surface area contributed by atoms with E-state index in [1.54, 1.807) is 0 Å². The molecule has 120 valence electrons. The Balaban J connectivity index is 2.34. The maximum Gasteiger partial charge on any atom is 0.271 e. The van der Waals surface area contributed by atoms with Crippen LogP contribution in [0.4, 0.5) is 5.69 Å². The molecule has 9 heteroatoms. The number of non-ortho nitro benzene ring substituents is 1. The Hall–Kier alpha value is -2.00. The van der Waals surface area contributed by atoms with Crippen LogP contribution in [0, 0.1) is 16.0 Å². The molecule has 1 saturated carbocycles. The van der Waals surface area contributed by atoms with Crippen molar-refractivity contribution in [2.45, 2.75) is 23.8 Å². The van der Waals surface area contributed by atoms with Crippen molar-refractivity contribution >= 4 is 21.4 Å². The first-order valence-corrected chi connectivity index (χ1v) is 8.62. The van der Waals surface area contributed by atoms with E-state index >= 15 is 0 Å². The molecule has 3 N–H and O–H groups in total. The Morgan fingerprint density at radius 3 is 2.55 bits per heavy atom. The summed E-state index contributed by atoms with van der Waals surface area (Å²) >= 11 is 0. The quantitative estimate of drug-likeness (QED) is 0.576. The fourth-order valence-corrected chi connectivity index (χ4v) is 2.83. The van der Waals surface area contributed by atoms with Crippen LogP contribution in [0.25, 0.3) is 0 Å². The molecule has 1 aliphatic carbocycles. The molecule has 1 aliphatic rings. The van der Waals surface area contributed by atoms with Crippen molar-refractivity contribution < 1.29 is 18.1 Å². The monoisotopic (exact) mass is 327 g/mol. The molecule has 0 aliphatic heterocycles.